The molecule has 0 spiro atoms. The minimum atomic E-state index is -0.877. The highest BCUT2D eigenvalue weighted by atomic mass is 32.1. The van der Waals surface area contributed by atoms with E-state index in [0.29, 0.717) is 0 Å². The summed E-state index contributed by atoms with van der Waals surface area (Å²) in [6.45, 7) is 0. The lowest BCUT2D eigenvalue weighted by Crippen LogP contribution is -2.14. The van der Waals surface area contributed by atoms with E-state index in [0.717, 1.165) is 31.6 Å². The molecular weight excluding hydrogens is 288 g/mol. The van der Waals surface area contributed by atoms with Gasteiger partial charge in [0.05, 0.1) is 27.4 Å². The minimum Gasteiger partial charge on any atom is -0.466 e. The average molecular weight is 300 g/mol. The molecule has 108 valence electrons. The zero-order chi connectivity index (χ0) is 15.1. The highest BCUT2D eigenvalue weighted by Crippen LogP contribution is 2.27. The zero-order valence-electron chi connectivity index (χ0n) is 11.0. The Morgan fingerprint density at radius 3 is 2.35 bits per heavy atom. The molecule has 0 aromatic carbocycles. The van der Waals surface area contributed by atoms with Crippen LogP contribution in [-0.2, 0) is 23.8 Å². The third-order valence-electron chi connectivity index (χ3n) is 2.06. The predicted molar refractivity (Wildman–Crippen MR) is 68.4 cm³/mol. The van der Waals surface area contributed by atoms with Crippen LogP contribution in [0.4, 0.5) is 0 Å². The largest absolute Gasteiger partial charge is 0.466 e. The molecular formula is C12H12O7S. The molecule has 0 aliphatic carbocycles. The maximum atomic E-state index is 11.5. The molecule has 0 unspecified atom stereocenters. The number of carbonyl (C=O) groups excluding carboxylic acids is 3. The molecule has 0 radical (unpaired) electrons. The third-order valence-corrected chi connectivity index (χ3v) is 2.93. The van der Waals surface area contributed by atoms with Crippen molar-refractivity contribution in [3.8, 4) is 5.75 Å². The maximum Gasteiger partial charge on any atom is 0.374 e. The van der Waals surface area contributed by atoms with Crippen LogP contribution in [0.2, 0.25) is 0 Å². The van der Waals surface area contributed by atoms with Crippen LogP contribution < -0.4 is 4.74 Å². The first-order valence-electron chi connectivity index (χ1n) is 5.25. The van der Waals surface area contributed by atoms with E-state index < -0.39 is 23.7 Å². The number of hydrogen-bond acceptors (Lipinski definition) is 8. The van der Waals surface area contributed by atoms with E-state index in [1.807, 2.05) is 0 Å². The molecule has 20 heavy (non-hydrogen) atoms. The number of hydrogen-bond donors (Lipinski definition) is 0. The topological polar surface area (TPSA) is 88.1 Å². The molecule has 1 aromatic rings. The maximum absolute atomic E-state index is 11.5. The van der Waals surface area contributed by atoms with Crippen molar-refractivity contribution in [2.45, 2.75) is 0 Å². The van der Waals surface area contributed by atoms with Gasteiger partial charge in [-0.05, 0) is 11.4 Å². The quantitative estimate of drug-likeness (QED) is 0.349. The van der Waals surface area contributed by atoms with Crippen LogP contribution in [0, 0.1) is 0 Å². The summed E-state index contributed by atoms with van der Waals surface area (Å²) >= 11 is 1.07. The van der Waals surface area contributed by atoms with Gasteiger partial charge in [-0.2, -0.15) is 0 Å². The number of thiophene rings is 1. The van der Waals surface area contributed by atoms with Crippen molar-refractivity contribution in [1.29, 1.82) is 0 Å². The van der Waals surface area contributed by atoms with Gasteiger partial charge in [-0.15, -0.1) is 11.3 Å². The van der Waals surface area contributed by atoms with Gasteiger partial charge in [-0.3, -0.25) is 0 Å². The van der Waals surface area contributed by atoms with Gasteiger partial charge in [-0.1, -0.05) is 0 Å². The summed E-state index contributed by atoms with van der Waals surface area (Å²) in [7, 11) is 3.50. The van der Waals surface area contributed by atoms with Crippen molar-refractivity contribution in [1.82, 2.24) is 0 Å². The molecule has 7 nitrogen and oxygen atoms in total. The van der Waals surface area contributed by atoms with E-state index in [2.05, 4.69) is 14.2 Å². The van der Waals surface area contributed by atoms with Crippen molar-refractivity contribution >= 4 is 29.2 Å². The Kier molecular flexibility index (Phi) is 5.73. The summed E-state index contributed by atoms with van der Waals surface area (Å²) < 4.78 is 18.7. The fraction of sp³-hybridized carbons (Fsp3) is 0.250. The monoisotopic (exact) mass is 300 g/mol. The van der Waals surface area contributed by atoms with Crippen molar-refractivity contribution in [3.05, 3.63) is 28.2 Å². The predicted octanol–water partition coefficient (Wildman–Crippen LogP) is 1.14. The minimum absolute atomic E-state index is 0.0856. The number of rotatable bonds is 5. The average Bonchev–Trinajstić information content (AvgIpc) is 2.92. The lowest BCUT2D eigenvalue weighted by Gasteiger charge is -2.07. The van der Waals surface area contributed by atoms with Crippen molar-refractivity contribution < 1.29 is 33.3 Å². The van der Waals surface area contributed by atoms with E-state index in [9.17, 15) is 14.4 Å². The summed E-state index contributed by atoms with van der Waals surface area (Å²) in [4.78, 5) is 34.3. The van der Waals surface area contributed by atoms with Gasteiger partial charge in [-0.25, -0.2) is 14.4 Å². The second kappa shape index (κ2) is 7.29. The molecule has 8 heteroatoms. The third kappa shape index (κ3) is 3.82. The highest BCUT2D eigenvalue weighted by molar-refractivity contribution is 7.12. The summed E-state index contributed by atoms with van der Waals surface area (Å²) in [6, 6.07) is 1.46. The van der Waals surface area contributed by atoms with Gasteiger partial charge in [0.2, 0.25) is 5.76 Å². The Morgan fingerprint density at radius 1 is 1.10 bits per heavy atom. The molecule has 1 rings (SSSR count). The van der Waals surface area contributed by atoms with Gasteiger partial charge < -0.3 is 18.9 Å². The standard InChI is InChI=1S/C12H12O7S/c1-16-9(13)6-8(11(14)17-2)19-7-4-5-20-10(7)12(15)18-3/h4-6H,1-3H3/b8-6-. The van der Waals surface area contributed by atoms with Gasteiger partial charge in [0.15, 0.2) is 10.6 Å². The first kappa shape index (κ1) is 15.7. The molecule has 0 saturated heterocycles. The zero-order valence-corrected chi connectivity index (χ0v) is 11.8. The molecule has 1 heterocycles. The second-order valence-corrected chi connectivity index (χ2v) is 4.15. The molecule has 0 amide bonds. The van der Waals surface area contributed by atoms with Crippen LogP contribution in [0.3, 0.4) is 0 Å². The van der Waals surface area contributed by atoms with Crippen LogP contribution in [0.15, 0.2) is 23.3 Å². The Labute approximate surface area is 118 Å². The number of methoxy groups -OCH3 is 3. The molecule has 0 bridgehead atoms. The Balaban J connectivity index is 3.05. The second-order valence-electron chi connectivity index (χ2n) is 3.23. The van der Waals surface area contributed by atoms with Gasteiger partial charge in [0, 0.05) is 0 Å². The smallest absolute Gasteiger partial charge is 0.374 e. The van der Waals surface area contributed by atoms with Crippen LogP contribution in [-0.4, -0.2) is 39.2 Å². The molecule has 0 aliphatic heterocycles. The SMILES string of the molecule is COC(=O)/C=C(\Oc1ccsc1C(=O)OC)C(=O)OC. The van der Waals surface area contributed by atoms with Crippen molar-refractivity contribution in [3.63, 3.8) is 0 Å². The van der Waals surface area contributed by atoms with E-state index in [1.54, 1.807) is 5.38 Å². The normalized spacial score (nSPS) is 10.7. The van der Waals surface area contributed by atoms with Gasteiger partial charge in [0.25, 0.3) is 0 Å². The molecule has 0 fully saturated rings. The summed E-state index contributed by atoms with van der Waals surface area (Å²) in [5.74, 6) is -2.60. The van der Waals surface area contributed by atoms with Crippen LogP contribution >= 0.6 is 11.3 Å². The van der Waals surface area contributed by atoms with Crippen LogP contribution in [0.25, 0.3) is 0 Å². The summed E-state index contributed by atoms with van der Waals surface area (Å²) in [6.07, 6.45) is 0.824. The fourth-order valence-corrected chi connectivity index (χ4v) is 1.87. The van der Waals surface area contributed by atoms with E-state index >= 15 is 0 Å². The lowest BCUT2D eigenvalue weighted by molar-refractivity contribution is -0.140. The van der Waals surface area contributed by atoms with Crippen LogP contribution in [0.5, 0.6) is 5.75 Å². The van der Waals surface area contributed by atoms with Crippen molar-refractivity contribution in [2.75, 3.05) is 21.3 Å². The Morgan fingerprint density at radius 2 is 1.80 bits per heavy atom. The number of carbonyl (C=O) groups is 3. The van der Waals surface area contributed by atoms with Crippen LogP contribution in [0.1, 0.15) is 9.67 Å². The molecule has 0 N–H and O–H groups in total. The highest BCUT2D eigenvalue weighted by Gasteiger charge is 2.21. The molecule has 0 atom stereocenters. The first-order valence-corrected chi connectivity index (χ1v) is 6.13. The summed E-state index contributed by atoms with van der Waals surface area (Å²) in [5, 5.41) is 1.58. The molecule has 1 aromatic heterocycles. The van der Waals surface area contributed by atoms with Gasteiger partial charge >= 0.3 is 17.9 Å². The Hall–Kier alpha value is -2.35. The van der Waals surface area contributed by atoms with Crippen molar-refractivity contribution in [2.24, 2.45) is 0 Å². The van der Waals surface area contributed by atoms with E-state index in [1.165, 1.54) is 13.2 Å². The summed E-state index contributed by atoms with van der Waals surface area (Å²) in [5.41, 5.74) is 0. The van der Waals surface area contributed by atoms with E-state index in [-0.39, 0.29) is 10.6 Å². The first-order chi connectivity index (χ1) is 9.53. The lowest BCUT2D eigenvalue weighted by atomic mass is 10.4. The van der Waals surface area contributed by atoms with Gasteiger partial charge in [0.1, 0.15) is 0 Å². The Bertz CT molecular complexity index is 544. The molecule has 0 aliphatic rings. The molecule has 0 saturated carbocycles. The fourth-order valence-electron chi connectivity index (χ4n) is 1.13. The number of esters is 3. The number of ether oxygens (including phenoxy) is 4. The van der Waals surface area contributed by atoms with E-state index in [4.69, 9.17) is 4.74 Å².